The predicted molar refractivity (Wildman–Crippen MR) is 181 cm³/mol. The Labute approximate surface area is 291 Å². The average Bonchev–Trinajstić information content (AvgIpc) is 3.55. The zero-order chi connectivity index (χ0) is 36.4. The molecule has 0 saturated carbocycles. The quantitative estimate of drug-likeness (QED) is 0.0495. The number of esters is 1. The highest BCUT2D eigenvalue weighted by Crippen LogP contribution is 2.37. The molecule has 1 aliphatic rings. The van der Waals surface area contributed by atoms with E-state index in [4.69, 9.17) is 22.7 Å². The molecule has 6 N–H and O–H groups in total. The van der Waals surface area contributed by atoms with Crippen molar-refractivity contribution in [3.63, 3.8) is 0 Å². The Bertz CT molecular complexity index is 1640. The van der Waals surface area contributed by atoms with Gasteiger partial charge in [-0.05, 0) is 57.0 Å². The van der Waals surface area contributed by atoms with Crippen LogP contribution in [-0.4, -0.2) is 69.9 Å². The van der Waals surface area contributed by atoms with Crippen LogP contribution in [-0.2, 0) is 38.3 Å². The Morgan fingerprint density at radius 3 is 2.31 bits per heavy atom. The number of aliphatic carboxylic acids is 1. The maximum atomic E-state index is 13.6. The minimum absolute atomic E-state index is 0.00698. The zero-order valence-corrected chi connectivity index (χ0v) is 28.9. The van der Waals surface area contributed by atoms with Crippen LogP contribution in [0.25, 0.3) is 0 Å². The Hall–Kier alpha value is -4.77. The van der Waals surface area contributed by atoms with Gasteiger partial charge in [0.25, 0.3) is 0 Å². The number of aromatic amines is 1. The first kappa shape index (κ1) is 38.7. The van der Waals surface area contributed by atoms with E-state index in [-0.39, 0.29) is 49.5 Å². The van der Waals surface area contributed by atoms with Crippen LogP contribution in [0.15, 0.2) is 42.5 Å². The fourth-order valence-corrected chi connectivity index (χ4v) is 6.36. The van der Waals surface area contributed by atoms with Crippen molar-refractivity contribution in [3.05, 3.63) is 46.4 Å². The van der Waals surface area contributed by atoms with Crippen LogP contribution >= 0.6 is 23.6 Å². The summed E-state index contributed by atoms with van der Waals surface area (Å²) >= 11 is 6.03. The second kappa shape index (κ2) is 17.6. The molecule has 2 heterocycles. The van der Waals surface area contributed by atoms with Crippen LogP contribution in [0, 0.1) is 39.5 Å². The summed E-state index contributed by atoms with van der Waals surface area (Å²) in [6.07, 6.45) is -0.853. The number of nitrogens with two attached hydrogens (primary N) is 1. The molecule has 1 aromatic carbocycles. The van der Waals surface area contributed by atoms with Crippen LogP contribution in [0.5, 0.6) is 0 Å². The fraction of sp³-hybridized carbons (Fsp3) is 0.469. The van der Waals surface area contributed by atoms with Crippen molar-refractivity contribution in [2.45, 2.75) is 46.5 Å². The molecule has 0 bridgehead atoms. The molecule has 1 saturated heterocycles. The third-order valence-corrected chi connectivity index (χ3v) is 9.31. The van der Waals surface area contributed by atoms with E-state index in [9.17, 15) is 38.7 Å². The number of para-hydroxylation sites is 1. The van der Waals surface area contributed by atoms with Crippen molar-refractivity contribution in [3.8, 4) is 0 Å². The lowest BCUT2D eigenvalue weighted by Gasteiger charge is -2.26. The summed E-state index contributed by atoms with van der Waals surface area (Å²) in [4.78, 5) is 90.8. The minimum Gasteiger partial charge on any atom is -0.481 e. The van der Waals surface area contributed by atoms with Gasteiger partial charge in [-0.15, -0.1) is 5.10 Å². The standard InChI is InChI=1S/C32H40N6O9S2/c1-16(2)30(46)47-11-10-34-25(40)17(3)12-21(29(44)45)14-19(24(33)39)13-20(26(41)35-31-36-37-32(48)49-31)15-23-18(4)27(42)38(28(23)43)22-8-6-5-7-9-22/h5-9,17-21,23H,1,10-15H2,2-4H3,(H2,33,39)(H,34,40)(H,37,48)(H,44,45)(H,35,36,41). The maximum Gasteiger partial charge on any atom is 0.333 e. The number of carboxylic acid groups (broad SMARTS) is 1. The van der Waals surface area contributed by atoms with E-state index in [1.54, 1.807) is 37.3 Å². The number of ether oxygens (including phenoxy) is 1. The van der Waals surface area contributed by atoms with Gasteiger partial charge < -0.3 is 26.2 Å². The summed E-state index contributed by atoms with van der Waals surface area (Å²) in [5.41, 5.74) is 6.33. The molecule has 5 amide bonds. The second-order valence-corrected chi connectivity index (χ2v) is 13.7. The normalized spacial score (nSPS) is 18.2. The van der Waals surface area contributed by atoms with Gasteiger partial charge in [0.05, 0.1) is 24.1 Å². The van der Waals surface area contributed by atoms with E-state index < -0.39 is 77.0 Å². The molecule has 0 radical (unpaired) electrons. The molecule has 17 heteroatoms. The van der Waals surface area contributed by atoms with Gasteiger partial charge in [0.1, 0.15) is 6.61 Å². The zero-order valence-electron chi connectivity index (χ0n) is 27.3. The molecule has 1 fully saturated rings. The molecule has 0 aliphatic carbocycles. The lowest BCUT2D eigenvalue weighted by molar-refractivity contribution is -0.144. The number of hydrogen-bond donors (Lipinski definition) is 5. The third-order valence-electron chi connectivity index (χ3n) is 8.30. The van der Waals surface area contributed by atoms with E-state index in [0.29, 0.717) is 9.64 Å². The SMILES string of the molecule is C=C(C)C(=O)OCCNC(=O)C(C)CC(CC(CC(CC1C(=O)N(c2ccccc2)C(=O)C1C)C(=O)Nc1n[nH]c(=S)s1)C(N)=O)C(=O)O. The van der Waals surface area contributed by atoms with Crippen molar-refractivity contribution >= 4 is 75.8 Å². The molecule has 2 aromatic rings. The first-order chi connectivity index (χ1) is 23.1. The Balaban J connectivity index is 1.78. The van der Waals surface area contributed by atoms with Crippen molar-refractivity contribution in [2.75, 3.05) is 23.4 Å². The average molecular weight is 717 g/mol. The maximum absolute atomic E-state index is 13.6. The van der Waals surface area contributed by atoms with Crippen molar-refractivity contribution in [1.82, 2.24) is 15.5 Å². The highest BCUT2D eigenvalue weighted by molar-refractivity contribution is 7.73. The van der Waals surface area contributed by atoms with Crippen LogP contribution in [0.4, 0.5) is 10.8 Å². The van der Waals surface area contributed by atoms with Gasteiger partial charge in [0.2, 0.25) is 34.7 Å². The number of H-pyrrole nitrogens is 1. The fourth-order valence-electron chi connectivity index (χ4n) is 5.57. The van der Waals surface area contributed by atoms with Gasteiger partial charge in [0.15, 0.2) is 3.95 Å². The number of nitrogens with zero attached hydrogens (tertiary/aromatic N) is 2. The number of benzene rings is 1. The third kappa shape index (κ3) is 10.6. The first-order valence-corrected chi connectivity index (χ1v) is 16.7. The molecule has 1 aliphatic heterocycles. The largest absolute Gasteiger partial charge is 0.481 e. The lowest BCUT2D eigenvalue weighted by atomic mass is 9.78. The number of anilines is 2. The number of nitrogens with one attached hydrogen (secondary N) is 3. The number of carbonyl (C=O) groups excluding carboxylic acids is 6. The van der Waals surface area contributed by atoms with Crippen LogP contribution in [0.2, 0.25) is 0 Å². The van der Waals surface area contributed by atoms with E-state index in [1.165, 1.54) is 13.8 Å². The number of aromatic nitrogens is 2. The van der Waals surface area contributed by atoms with E-state index in [0.717, 1.165) is 16.2 Å². The van der Waals surface area contributed by atoms with Crippen molar-refractivity contribution in [2.24, 2.45) is 41.2 Å². The predicted octanol–water partition coefficient (Wildman–Crippen LogP) is 2.82. The number of amides is 5. The highest BCUT2D eigenvalue weighted by Gasteiger charge is 2.47. The van der Waals surface area contributed by atoms with Gasteiger partial charge in [-0.1, -0.05) is 50.0 Å². The summed E-state index contributed by atoms with van der Waals surface area (Å²) in [5, 5.41) is 21.9. The highest BCUT2D eigenvalue weighted by atomic mass is 32.1. The van der Waals surface area contributed by atoms with Gasteiger partial charge >= 0.3 is 11.9 Å². The molecule has 3 rings (SSSR count). The van der Waals surface area contributed by atoms with Crippen molar-refractivity contribution in [1.29, 1.82) is 0 Å². The molecular weight excluding hydrogens is 677 g/mol. The van der Waals surface area contributed by atoms with Crippen LogP contribution < -0.4 is 21.3 Å². The molecule has 6 atom stereocenters. The van der Waals surface area contributed by atoms with E-state index in [1.807, 2.05) is 0 Å². The molecule has 264 valence electrons. The van der Waals surface area contributed by atoms with Gasteiger partial charge in [-0.2, -0.15) is 0 Å². The van der Waals surface area contributed by atoms with Gasteiger partial charge in [-0.25, -0.2) is 4.79 Å². The summed E-state index contributed by atoms with van der Waals surface area (Å²) in [6.45, 7) is 7.94. The Kier molecular flexibility index (Phi) is 13.9. The molecular formula is C32H40N6O9S2. The number of rotatable bonds is 18. The van der Waals surface area contributed by atoms with Gasteiger partial charge in [0, 0.05) is 29.2 Å². The number of primary amides is 1. The molecule has 15 nitrogen and oxygen atoms in total. The Morgan fingerprint density at radius 2 is 1.73 bits per heavy atom. The first-order valence-electron chi connectivity index (χ1n) is 15.5. The number of hydrogen-bond acceptors (Lipinski definition) is 11. The lowest BCUT2D eigenvalue weighted by Crippen LogP contribution is -2.37. The summed E-state index contributed by atoms with van der Waals surface area (Å²) in [7, 11) is 0. The van der Waals surface area contributed by atoms with Gasteiger partial charge in [-0.3, -0.25) is 38.8 Å². The van der Waals surface area contributed by atoms with E-state index in [2.05, 4.69) is 27.4 Å². The van der Waals surface area contributed by atoms with Crippen LogP contribution in [0.3, 0.4) is 0 Å². The second-order valence-electron chi connectivity index (χ2n) is 12.0. The van der Waals surface area contributed by atoms with Crippen LogP contribution in [0.1, 0.15) is 46.5 Å². The molecule has 49 heavy (non-hydrogen) atoms. The molecule has 6 unspecified atom stereocenters. The smallest absolute Gasteiger partial charge is 0.333 e. The van der Waals surface area contributed by atoms with E-state index >= 15 is 0 Å². The van der Waals surface area contributed by atoms with Crippen molar-refractivity contribution < 1.29 is 43.4 Å². The molecule has 1 aromatic heterocycles. The summed E-state index contributed by atoms with van der Waals surface area (Å²) < 4.78 is 5.23. The number of carboxylic acids is 1. The summed E-state index contributed by atoms with van der Waals surface area (Å²) in [5.74, 6) is -10.8. The number of imide groups is 1. The monoisotopic (exact) mass is 716 g/mol. The summed E-state index contributed by atoms with van der Waals surface area (Å²) in [6, 6.07) is 8.35. The Morgan fingerprint density at radius 1 is 1.08 bits per heavy atom. The topological polar surface area (TPSA) is 231 Å². The molecule has 0 spiro atoms. The minimum atomic E-state index is -1.28. The number of carbonyl (C=O) groups is 7.